The monoisotopic (exact) mass is 438 g/mol. The molecule has 1 aliphatic carbocycles. The van der Waals surface area contributed by atoms with Crippen LogP contribution in [0.2, 0.25) is 0 Å². The third kappa shape index (κ3) is 5.02. The lowest BCUT2D eigenvalue weighted by atomic mass is 9.65. The van der Waals surface area contributed by atoms with Gasteiger partial charge in [-0.1, -0.05) is 60.7 Å². The number of allylic oxidation sites excluding steroid dienone is 4. The highest BCUT2D eigenvalue weighted by molar-refractivity contribution is 5.59. The standard InChI is InChI=1S/C29H30N2O2/c1-4-19-29(20-30,21-31)26-14-8-6-12-24(26)23(25-13-7-10-16-28(25)33-3)18-17-22-11-5-9-15-27(22)32-2/h4-5,7,9-11,13-18,23-24H,1,6,8,12,19H2,2-3H3/b18-17+/t23?,24-/m0/s1. The van der Waals surface area contributed by atoms with Crippen LogP contribution in [0.3, 0.4) is 0 Å². The van der Waals surface area contributed by atoms with Gasteiger partial charge in [0.25, 0.3) is 0 Å². The van der Waals surface area contributed by atoms with Gasteiger partial charge < -0.3 is 9.47 Å². The Bertz CT molecular complexity index is 1100. The molecule has 3 rings (SSSR count). The fraction of sp³-hybridized carbons (Fsp3) is 0.310. The van der Waals surface area contributed by atoms with Gasteiger partial charge in [0.05, 0.1) is 26.4 Å². The Hall–Kier alpha value is -3.76. The zero-order valence-electron chi connectivity index (χ0n) is 19.3. The van der Waals surface area contributed by atoms with Crippen LogP contribution in [0, 0.1) is 34.0 Å². The number of ether oxygens (including phenoxy) is 2. The summed E-state index contributed by atoms with van der Waals surface area (Å²) in [5.41, 5.74) is 1.68. The number of nitriles is 2. The van der Waals surface area contributed by atoms with E-state index in [1.807, 2.05) is 42.5 Å². The first kappa shape index (κ1) is 23.9. The quantitative estimate of drug-likeness (QED) is 0.402. The number of methoxy groups -OCH3 is 2. The second-order valence-electron chi connectivity index (χ2n) is 8.19. The first-order chi connectivity index (χ1) is 16.1. The Labute approximate surface area is 197 Å². The normalized spacial score (nSPS) is 16.8. The van der Waals surface area contributed by atoms with E-state index in [9.17, 15) is 10.5 Å². The van der Waals surface area contributed by atoms with Crippen molar-refractivity contribution in [3.63, 3.8) is 0 Å². The molecule has 2 aromatic rings. The molecule has 2 aromatic carbocycles. The molecule has 1 unspecified atom stereocenters. The molecule has 0 amide bonds. The van der Waals surface area contributed by atoms with Crippen LogP contribution in [0.5, 0.6) is 11.5 Å². The Morgan fingerprint density at radius 2 is 1.73 bits per heavy atom. The smallest absolute Gasteiger partial charge is 0.168 e. The number of benzene rings is 2. The van der Waals surface area contributed by atoms with E-state index in [1.165, 1.54) is 0 Å². The topological polar surface area (TPSA) is 66.0 Å². The lowest BCUT2D eigenvalue weighted by Gasteiger charge is -2.36. The Balaban J connectivity index is 2.16. The van der Waals surface area contributed by atoms with E-state index in [-0.39, 0.29) is 11.8 Å². The van der Waals surface area contributed by atoms with Gasteiger partial charge in [-0.15, -0.1) is 6.58 Å². The zero-order valence-corrected chi connectivity index (χ0v) is 19.3. The van der Waals surface area contributed by atoms with E-state index >= 15 is 0 Å². The summed E-state index contributed by atoms with van der Waals surface area (Å²) in [7, 11) is 3.33. The molecule has 4 nitrogen and oxygen atoms in total. The van der Waals surface area contributed by atoms with Crippen LogP contribution in [0.15, 0.2) is 78.9 Å². The molecule has 0 aliphatic heterocycles. The summed E-state index contributed by atoms with van der Waals surface area (Å²) in [5.74, 6) is 1.49. The molecule has 0 radical (unpaired) electrons. The van der Waals surface area contributed by atoms with E-state index in [0.29, 0.717) is 6.42 Å². The van der Waals surface area contributed by atoms with Crippen LogP contribution in [-0.4, -0.2) is 14.2 Å². The molecule has 0 bridgehead atoms. The summed E-state index contributed by atoms with van der Waals surface area (Å²) < 4.78 is 11.2. The van der Waals surface area contributed by atoms with E-state index in [2.05, 4.69) is 43.0 Å². The SMILES string of the molecule is C=CCC(C#N)(C#N)C1=CCCC[C@H]1C(/C=C/c1ccccc1OC)c1ccccc1OC. The molecule has 0 saturated heterocycles. The van der Waals surface area contributed by atoms with Gasteiger partial charge in [-0.2, -0.15) is 10.5 Å². The van der Waals surface area contributed by atoms with Crippen molar-refractivity contribution >= 4 is 6.08 Å². The molecular weight excluding hydrogens is 408 g/mol. The van der Waals surface area contributed by atoms with E-state index in [4.69, 9.17) is 9.47 Å². The van der Waals surface area contributed by atoms with Gasteiger partial charge >= 0.3 is 0 Å². The van der Waals surface area contributed by atoms with Crippen LogP contribution in [0.4, 0.5) is 0 Å². The molecule has 4 heteroatoms. The Kier molecular flexibility index (Phi) is 8.11. The summed E-state index contributed by atoms with van der Waals surface area (Å²) >= 11 is 0. The molecule has 0 fully saturated rings. The highest BCUT2D eigenvalue weighted by Crippen LogP contribution is 2.48. The van der Waals surface area contributed by atoms with Crippen molar-refractivity contribution in [2.24, 2.45) is 11.3 Å². The van der Waals surface area contributed by atoms with E-state index in [0.717, 1.165) is 47.5 Å². The fourth-order valence-corrected chi connectivity index (χ4v) is 4.75. The average Bonchev–Trinajstić information content (AvgIpc) is 2.88. The lowest BCUT2D eigenvalue weighted by Crippen LogP contribution is -2.29. The minimum absolute atomic E-state index is 0.0137. The fourth-order valence-electron chi connectivity index (χ4n) is 4.75. The van der Waals surface area contributed by atoms with Gasteiger partial charge in [-0.25, -0.2) is 0 Å². The van der Waals surface area contributed by atoms with Gasteiger partial charge in [0.15, 0.2) is 5.41 Å². The van der Waals surface area contributed by atoms with Gasteiger partial charge in [-0.3, -0.25) is 0 Å². The molecule has 1 aliphatic rings. The molecule has 0 aromatic heterocycles. The molecule has 33 heavy (non-hydrogen) atoms. The number of para-hydroxylation sites is 2. The first-order valence-corrected chi connectivity index (χ1v) is 11.2. The number of hydrogen-bond donors (Lipinski definition) is 0. The Morgan fingerprint density at radius 1 is 1.06 bits per heavy atom. The third-order valence-electron chi connectivity index (χ3n) is 6.36. The van der Waals surface area contributed by atoms with Crippen molar-refractivity contribution in [3.8, 4) is 23.6 Å². The van der Waals surface area contributed by atoms with Gasteiger partial charge in [0.1, 0.15) is 11.5 Å². The molecular formula is C29H30N2O2. The van der Waals surface area contributed by atoms with Crippen molar-refractivity contribution in [2.75, 3.05) is 14.2 Å². The van der Waals surface area contributed by atoms with Crippen LogP contribution in [0.25, 0.3) is 6.08 Å². The minimum atomic E-state index is -1.22. The zero-order chi connectivity index (χ0) is 23.7. The summed E-state index contributed by atoms with van der Waals surface area (Å²) in [6, 6.07) is 20.5. The lowest BCUT2D eigenvalue weighted by molar-refractivity contribution is 0.380. The molecule has 168 valence electrons. The first-order valence-electron chi connectivity index (χ1n) is 11.2. The highest BCUT2D eigenvalue weighted by atomic mass is 16.5. The summed E-state index contributed by atoms with van der Waals surface area (Å²) in [6.45, 7) is 3.81. The van der Waals surface area contributed by atoms with Crippen LogP contribution >= 0.6 is 0 Å². The predicted octanol–water partition coefficient (Wildman–Crippen LogP) is 6.84. The summed E-state index contributed by atoms with van der Waals surface area (Å²) in [4.78, 5) is 0. The van der Waals surface area contributed by atoms with Gasteiger partial charge in [0.2, 0.25) is 0 Å². The van der Waals surface area contributed by atoms with Crippen molar-refractivity contribution in [1.29, 1.82) is 10.5 Å². The van der Waals surface area contributed by atoms with Gasteiger partial charge in [-0.05, 0) is 42.9 Å². The molecule has 0 N–H and O–H groups in total. The Morgan fingerprint density at radius 3 is 2.39 bits per heavy atom. The van der Waals surface area contributed by atoms with Crippen LogP contribution < -0.4 is 9.47 Å². The van der Waals surface area contributed by atoms with Crippen molar-refractivity contribution in [3.05, 3.63) is 90.0 Å². The maximum atomic E-state index is 10.1. The van der Waals surface area contributed by atoms with Gasteiger partial charge in [0, 0.05) is 23.5 Å². The predicted molar refractivity (Wildman–Crippen MR) is 132 cm³/mol. The molecule has 0 saturated carbocycles. The number of hydrogen-bond acceptors (Lipinski definition) is 4. The third-order valence-corrected chi connectivity index (χ3v) is 6.36. The second-order valence-corrected chi connectivity index (χ2v) is 8.19. The maximum Gasteiger partial charge on any atom is 0.168 e. The van der Waals surface area contributed by atoms with E-state index < -0.39 is 5.41 Å². The minimum Gasteiger partial charge on any atom is -0.496 e. The summed E-state index contributed by atoms with van der Waals surface area (Å²) in [5, 5.41) is 20.2. The highest BCUT2D eigenvalue weighted by Gasteiger charge is 2.41. The van der Waals surface area contributed by atoms with Crippen molar-refractivity contribution in [1.82, 2.24) is 0 Å². The molecule has 0 spiro atoms. The maximum absolute atomic E-state index is 10.1. The average molecular weight is 439 g/mol. The van der Waals surface area contributed by atoms with Crippen LogP contribution in [0.1, 0.15) is 42.7 Å². The largest absolute Gasteiger partial charge is 0.496 e. The summed E-state index contributed by atoms with van der Waals surface area (Å²) in [6.07, 6.45) is 11.0. The van der Waals surface area contributed by atoms with E-state index in [1.54, 1.807) is 20.3 Å². The van der Waals surface area contributed by atoms with Crippen LogP contribution in [-0.2, 0) is 0 Å². The molecule has 0 heterocycles. The molecule has 2 atom stereocenters. The number of rotatable bonds is 9. The van der Waals surface area contributed by atoms with Crippen molar-refractivity contribution < 1.29 is 9.47 Å². The second kappa shape index (κ2) is 11.2. The van der Waals surface area contributed by atoms with Crippen molar-refractivity contribution in [2.45, 2.75) is 31.6 Å². The number of nitrogens with zero attached hydrogens (tertiary/aromatic N) is 2.